The van der Waals surface area contributed by atoms with Crippen molar-refractivity contribution < 1.29 is 24.6 Å². The van der Waals surface area contributed by atoms with Crippen LogP contribution in [-0.2, 0) is 14.4 Å². The van der Waals surface area contributed by atoms with Crippen LogP contribution in [0, 0.1) is 0 Å². The largest absolute Gasteiger partial charge is 0.480 e. The molecule has 0 rings (SSSR count). The molecule has 0 amide bonds. The van der Waals surface area contributed by atoms with Crippen LogP contribution in [0.3, 0.4) is 0 Å². The van der Waals surface area contributed by atoms with Gasteiger partial charge >= 0.3 is 5.97 Å². The minimum atomic E-state index is -1.93. The van der Waals surface area contributed by atoms with Gasteiger partial charge in [-0.25, -0.2) is 0 Å². The van der Waals surface area contributed by atoms with E-state index in [9.17, 15) is 24.6 Å². The summed E-state index contributed by atoms with van der Waals surface area (Å²) in [5.41, 5.74) is -0.379. The average molecular weight is 666 g/mol. The Morgan fingerprint density at radius 3 is 1.13 bits per heavy atom. The third kappa shape index (κ3) is 28.8. The van der Waals surface area contributed by atoms with Gasteiger partial charge in [-0.15, -0.1) is 0 Å². The van der Waals surface area contributed by atoms with Crippen molar-refractivity contribution in [2.24, 2.45) is 0 Å². The van der Waals surface area contributed by atoms with Crippen LogP contribution in [0.5, 0.6) is 0 Å². The van der Waals surface area contributed by atoms with E-state index in [1.807, 2.05) is 0 Å². The Labute approximate surface area is 284 Å². The molecule has 46 heavy (non-hydrogen) atoms. The molecule has 7 heteroatoms. The average Bonchev–Trinajstić information content (AvgIpc) is 3.04. The van der Waals surface area contributed by atoms with Crippen molar-refractivity contribution in [2.45, 2.75) is 200 Å². The molecule has 1 unspecified atom stereocenters. The Bertz CT molecular complexity index is 732. The predicted octanol–water partition coefficient (Wildman–Crippen LogP) is 11.5. The van der Waals surface area contributed by atoms with Crippen LogP contribution in [0.4, 0.5) is 0 Å². The van der Waals surface area contributed by atoms with Gasteiger partial charge < -0.3 is 10.2 Å². The maximum atomic E-state index is 13.0. The van der Waals surface area contributed by atoms with E-state index in [2.05, 4.69) is 43.2 Å². The van der Waals surface area contributed by atoms with Crippen LogP contribution >= 0.6 is 8.07 Å². The van der Waals surface area contributed by atoms with E-state index < -0.39 is 26.7 Å². The number of aliphatic hydroxyl groups excluding tert-OH is 1. The molecule has 0 aliphatic carbocycles. The molecule has 0 saturated heterocycles. The lowest BCUT2D eigenvalue weighted by molar-refractivity contribution is -0.139. The Hall–Kier alpha value is -1.36. The lowest BCUT2D eigenvalue weighted by atomic mass is 10.1. The fourth-order valence-corrected chi connectivity index (χ4v) is 7.36. The standard InChI is InChI=1S/C39H72NO5P/c1-3-5-7-9-11-13-15-17-19-21-23-25-27-29-31-33-37(42)46(40-36(35-41)39(44)45)38(43)34-32-30-28-26-24-22-20-18-16-14-12-10-8-6-4-2/h17-20,36,40-41H,3-16,21-35H2,1-2H3,(H,44,45). The number of aliphatic hydroxyl groups is 1. The Kier molecular flexibility index (Phi) is 33.9. The second-order valence-electron chi connectivity index (χ2n) is 13.0. The van der Waals surface area contributed by atoms with Crippen LogP contribution in [0.25, 0.3) is 0 Å². The minimum absolute atomic E-state index is 0.190. The number of allylic oxidation sites excluding steroid dienone is 4. The van der Waals surface area contributed by atoms with E-state index in [4.69, 9.17) is 0 Å². The van der Waals surface area contributed by atoms with Crippen LogP contribution in [-0.4, -0.2) is 39.9 Å². The molecule has 0 radical (unpaired) electrons. The molecule has 1 atom stereocenters. The Morgan fingerprint density at radius 2 is 0.826 bits per heavy atom. The summed E-state index contributed by atoms with van der Waals surface area (Å²) in [6.07, 6.45) is 40.3. The molecule has 0 bridgehead atoms. The molecule has 0 aliphatic heterocycles. The number of rotatable bonds is 36. The van der Waals surface area contributed by atoms with Crippen LogP contribution in [0.1, 0.15) is 194 Å². The molecule has 0 aliphatic rings. The number of unbranched alkanes of at least 4 members (excludes halogenated alkanes) is 22. The first-order chi connectivity index (χ1) is 22.5. The molecular weight excluding hydrogens is 593 g/mol. The van der Waals surface area contributed by atoms with E-state index in [0.29, 0.717) is 12.8 Å². The molecule has 0 aromatic carbocycles. The summed E-state index contributed by atoms with van der Waals surface area (Å²) in [5.74, 6) is -1.24. The minimum Gasteiger partial charge on any atom is -0.480 e. The van der Waals surface area contributed by atoms with E-state index in [1.165, 1.54) is 89.9 Å². The molecule has 0 aromatic heterocycles. The first-order valence-corrected chi connectivity index (χ1v) is 20.6. The van der Waals surface area contributed by atoms with Crippen molar-refractivity contribution in [1.29, 1.82) is 0 Å². The van der Waals surface area contributed by atoms with Gasteiger partial charge in [0.1, 0.15) is 14.1 Å². The number of carboxylic acids is 1. The smallest absolute Gasteiger partial charge is 0.323 e. The van der Waals surface area contributed by atoms with Crippen molar-refractivity contribution >= 4 is 25.1 Å². The molecule has 0 spiro atoms. The monoisotopic (exact) mass is 666 g/mol. The summed E-state index contributed by atoms with van der Waals surface area (Å²) >= 11 is 0. The van der Waals surface area contributed by atoms with Gasteiger partial charge in [0.15, 0.2) is 11.0 Å². The number of carbonyl (C=O) groups excluding carboxylic acids is 2. The van der Waals surface area contributed by atoms with Gasteiger partial charge in [0.05, 0.1) is 6.61 Å². The predicted molar refractivity (Wildman–Crippen MR) is 197 cm³/mol. The maximum Gasteiger partial charge on any atom is 0.323 e. The third-order valence-electron chi connectivity index (χ3n) is 8.57. The zero-order chi connectivity index (χ0) is 33.9. The molecule has 0 aromatic rings. The Morgan fingerprint density at radius 1 is 0.522 bits per heavy atom. The van der Waals surface area contributed by atoms with Crippen molar-refractivity contribution in [2.75, 3.05) is 6.61 Å². The number of nitrogens with one attached hydrogen (secondary N) is 1. The number of hydrogen-bond donors (Lipinski definition) is 3. The van der Waals surface area contributed by atoms with Gasteiger partial charge in [0, 0.05) is 12.8 Å². The second-order valence-corrected chi connectivity index (χ2v) is 14.9. The number of carboxylic acid groups (broad SMARTS) is 1. The number of hydrogen-bond acceptors (Lipinski definition) is 5. The topological polar surface area (TPSA) is 104 Å². The number of aliphatic carboxylic acids is 1. The van der Waals surface area contributed by atoms with Crippen molar-refractivity contribution in [3.8, 4) is 0 Å². The highest BCUT2D eigenvalue weighted by Gasteiger charge is 2.30. The van der Waals surface area contributed by atoms with Crippen LogP contribution in [0.2, 0.25) is 0 Å². The van der Waals surface area contributed by atoms with E-state index in [1.54, 1.807) is 0 Å². The molecule has 0 saturated carbocycles. The highest BCUT2D eigenvalue weighted by atomic mass is 31.1. The first kappa shape index (κ1) is 44.6. The van der Waals surface area contributed by atoms with E-state index in [-0.39, 0.29) is 23.9 Å². The fourth-order valence-electron chi connectivity index (χ4n) is 5.53. The molecular formula is C39H72NO5P. The summed E-state index contributed by atoms with van der Waals surface area (Å²) in [6, 6.07) is -1.29. The van der Waals surface area contributed by atoms with Crippen molar-refractivity contribution in [3.05, 3.63) is 24.3 Å². The highest BCUT2D eigenvalue weighted by Crippen LogP contribution is 2.38. The van der Waals surface area contributed by atoms with Gasteiger partial charge in [0.2, 0.25) is 0 Å². The lowest BCUT2D eigenvalue weighted by Gasteiger charge is -2.20. The summed E-state index contributed by atoms with van der Waals surface area (Å²) in [4.78, 5) is 37.5. The maximum absolute atomic E-state index is 13.0. The summed E-state index contributed by atoms with van der Waals surface area (Å²) in [7, 11) is -1.93. The molecule has 0 fully saturated rings. The molecule has 6 nitrogen and oxygen atoms in total. The third-order valence-corrected chi connectivity index (χ3v) is 10.6. The molecule has 268 valence electrons. The second kappa shape index (κ2) is 35.0. The lowest BCUT2D eigenvalue weighted by Crippen LogP contribution is -2.39. The van der Waals surface area contributed by atoms with Gasteiger partial charge in [-0.1, -0.05) is 141 Å². The van der Waals surface area contributed by atoms with Crippen LogP contribution < -0.4 is 5.09 Å². The fraction of sp³-hybridized carbons (Fsp3) is 0.821. The van der Waals surface area contributed by atoms with E-state index >= 15 is 0 Å². The zero-order valence-corrected chi connectivity index (χ0v) is 30.9. The Balaban J connectivity index is 4.17. The molecule has 3 N–H and O–H groups in total. The zero-order valence-electron chi connectivity index (χ0n) is 30.0. The summed E-state index contributed by atoms with van der Waals surface area (Å²) in [5, 5.41) is 21.6. The quantitative estimate of drug-likeness (QED) is 0.0349. The van der Waals surface area contributed by atoms with Crippen molar-refractivity contribution in [1.82, 2.24) is 5.09 Å². The molecule has 0 heterocycles. The van der Waals surface area contributed by atoms with Gasteiger partial charge in [0.25, 0.3) is 0 Å². The van der Waals surface area contributed by atoms with Gasteiger partial charge in [-0.2, -0.15) is 0 Å². The highest BCUT2D eigenvalue weighted by molar-refractivity contribution is 7.87. The summed E-state index contributed by atoms with van der Waals surface area (Å²) in [6.45, 7) is 3.85. The normalized spacial score (nSPS) is 13.1. The van der Waals surface area contributed by atoms with Gasteiger partial charge in [-0.3, -0.25) is 19.5 Å². The summed E-state index contributed by atoms with van der Waals surface area (Å²) < 4.78 is 0. The van der Waals surface area contributed by atoms with Crippen molar-refractivity contribution in [3.63, 3.8) is 0 Å². The SMILES string of the molecule is CCCCCCCCC=CCCCCCCCC(=O)P(NC(CO)C(=O)O)C(=O)CCCCCCCC=CCCCCCCCC. The van der Waals surface area contributed by atoms with E-state index in [0.717, 1.165) is 64.2 Å². The van der Waals surface area contributed by atoms with Gasteiger partial charge in [-0.05, 0) is 64.2 Å². The number of carbonyl (C=O) groups is 3. The first-order valence-electron chi connectivity index (χ1n) is 19.2. The van der Waals surface area contributed by atoms with Crippen LogP contribution in [0.15, 0.2) is 24.3 Å².